The number of rotatable bonds is 4. The zero-order chi connectivity index (χ0) is 16.4. The van der Waals surface area contributed by atoms with Crippen LogP contribution in [-0.4, -0.2) is 44.2 Å². The van der Waals surface area contributed by atoms with Crippen LogP contribution in [0, 0.1) is 5.82 Å². The summed E-state index contributed by atoms with van der Waals surface area (Å²) in [5.74, 6) is -0.338. The summed E-state index contributed by atoms with van der Waals surface area (Å²) < 4.78 is 25.5. The van der Waals surface area contributed by atoms with Gasteiger partial charge in [-0.15, -0.1) is 11.3 Å². The predicted molar refractivity (Wildman–Crippen MR) is 88.4 cm³/mol. The molecule has 0 atom stereocenters. The fourth-order valence-corrected chi connectivity index (χ4v) is 4.25. The van der Waals surface area contributed by atoms with Gasteiger partial charge in [0.2, 0.25) is 0 Å². The smallest absolute Gasteiger partial charge is 0.264 e. The maximum absolute atomic E-state index is 14.2. The summed E-state index contributed by atoms with van der Waals surface area (Å²) in [6.07, 6.45) is 1.89. The summed E-state index contributed by atoms with van der Waals surface area (Å²) in [4.78, 5) is 15.3. The van der Waals surface area contributed by atoms with Crippen LogP contribution in [0.1, 0.15) is 28.1 Å². The van der Waals surface area contributed by atoms with E-state index in [9.17, 15) is 9.18 Å². The van der Waals surface area contributed by atoms with Gasteiger partial charge in [0, 0.05) is 43.0 Å². The standard InChI is InChI=1S/C17H20FNO3S/c1-21-10-12-15-13(18)4-3-5-14(15)23-16(12)17(20)19-8-6-11(22-2)7-9-19/h3-5,11H,6-10H2,1-2H3. The largest absolute Gasteiger partial charge is 0.381 e. The van der Waals surface area contributed by atoms with E-state index in [1.165, 1.54) is 17.4 Å². The Balaban J connectivity index is 1.94. The van der Waals surface area contributed by atoms with Crippen molar-refractivity contribution < 1.29 is 18.7 Å². The molecular weight excluding hydrogens is 317 g/mol. The lowest BCUT2D eigenvalue weighted by Crippen LogP contribution is -2.40. The van der Waals surface area contributed by atoms with E-state index in [-0.39, 0.29) is 24.4 Å². The quantitative estimate of drug-likeness (QED) is 0.858. The van der Waals surface area contributed by atoms with Crippen molar-refractivity contribution in [2.75, 3.05) is 27.3 Å². The first-order valence-corrected chi connectivity index (χ1v) is 8.48. The lowest BCUT2D eigenvalue weighted by atomic mass is 10.1. The van der Waals surface area contributed by atoms with Gasteiger partial charge in [0.25, 0.3) is 5.91 Å². The van der Waals surface area contributed by atoms with E-state index in [0.29, 0.717) is 28.9 Å². The average Bonchev–Trinajstić information content (AvgIpc) is 2.95. The summed E-state index contributed by atoms with van der Waals surface area (Å²) in [6, 6.07) is 4.94. The molecule has 2 heterocycles. The number of carbonyl (C=O) groups excluding carboxylic acids is 1. The van der Waals surface area contributed by atoms with Crippen LogP contribution in [-0.2, 0) is 16.1 Å². The highest BCUT2D eigenvalue weighted by Gasteiger charge is 2.28. The first-order valence-electron chi connectivity index (χ1n) is 7.66. The number of fused-ring (bicyclic) bond motifs is 1. The molecule has 0 spiro atoms. The fraction of sp³-hybridized carbons (Fsp3) is 0.471. The van der Waals surface area contributed by atoms with Gasteiger partial charge in [0.1, 0.15) is 5.82 Å². The van der Waals surface area contributed by atoms with Gasteiger partial charge < -0.3 is 14.4 Å². The predicted octanol–water partition coefficient (Wildman–Crippen LogP) is 3.44. The molecule has 1 saturated heterocycles. The number of halogens is 1. The second-order valence-electron chi connectivity index (χ2n) is 5.68. The number of benzene rings is 1. The SMILES string of the molecule is COCc1c(C(=O)N2CCC(OC)CC2)sc2cccc(F)c12. The lowest BCUT2D eigenvalue weighted by molar-refractivity contribution is 0.0351. The summed E-state index contributed by atoms with van der Waals surface area (Å²) in [5.41, 5.74) is 0.657. The van der Waals surface area contributed by atoms with E-state index in [4.69, 9.17) is 9.47 Å². The Morgan fingerprint density at radius 1 is 1.35 bits per heavy atom. The van der Waals surface area contributed by atoms with Gasteiger partial charge in [-0.1, -0.05) is 6.07 Å². The number of hydrogen-bond acceptors (Lipinski definition) is 4. The minimum atomic E-state index is -0.303. The Hall–Kier alpha value is -1.50. The molecule has 2 aromatic rings. The zero-order valence-corrected chi connectivity index (χ0v) is 14.1. The first kappa shape index (κ1) is 16.4. The van der Waals surface area contributed by atoms with Crippen LogP contribution in [0.15, 0.2) is 18.2 Å². The van der Waals surface area contributed by atoms with Crippen LogP contribution in [0.5, 0.6) is 0 Å². The third-order valence-corrected chi connectivity index (χ3v) is 5.49. The Morgan fingerprint density at radius 3 is 2.74 bits per heavy atom. The second-order valence-corrected chi connectivity index (χ2v) is 6.74. The van der Waals surface area contributed by atoms with Crippen molar-refractivity contribution >= 4 is 27.3 Å². The molecule has 0 bridgehead atoms. The number of amides is 1. The summed E-state index contributed by atoms with van der Waals surface area (Å²) in [7, 11) is 3.26. The summed E-state index contributed by atoms with van der Waals surface area (Å²) in [5, 5.41) is 0.509. The molecule has 1 fully saturated rings. The van der Waals surface area contributed by atoms with Crippen LogP contribution in [0.2, 0.25) is 0 Å². The maximum atomic E-state index is 14.2. The van der Waals surface area contributed by atoms with Gasteiger partial charge in [-0.25, -0.2) is 4.39 Å². The molecule has 0 aliphatic carbocycles. The van der Waals surface area contributed by atoms with E-state index in [1.807, 2.05) is 11.0 Å². The van der Waals surface area contributed by atoms with Crippen molar-refractivity contribution in [3.8, 4) is 0 Å². The highest BCUT2D eigenvalue weighted by Crippen LogP contribution is 2.35. The van der Waals surface area contributed by atoms with Gasteiger partial charge in [0.05, 0.1) is 17.6 Å². The monoisotopic (exact) mass is 337 g/mol. The molecule has 23 heavy (non-hydrogen) atoms. The Kier molecular flexibility index (Phi) is 4.94. The normalized spacial score (nSPS) is 16.2. The number of piperidine rings is 1. The van der Waals surface area contributed by atoms with E-state index in [2.05, 4.69) is 0 Å². The van der Waals surface area contributed by atoms with Crippen molar-refractivity contribution in [1.29, 1.82) is 0 Å². The number of hydrogen-bond donors (Lipinski definition) is 0. The van der Waals surface area contributed by atoms with Crippen molar-refractivity contribution in [2.24, 2.45) is 0 Å². The lowest BCUT2D eigenvalue weighted by Gasteiger charge is -2.31. The first-order chi connectivity index (χ1) is 11.2. The van der Waals surface area contributed by atoms with Gasteiger partial charge >= 0.3 is 0 Å². The van der Waals surface area contributed by atoms with Crippen molar-refractivity contribution in [1.82, 2.24) is 4.90 Å². The Morgan fingerprint density at radius 2 is 2.09 bits per heavy atom. The third-order valence-electron chi connectivity index (χ3n) is 4.31. The zero-order valence-electron chi connectivity index (χ0n) is 13.3. The van der Waals surface area contributed by atoms with Crippen LogP contribution in [0.25, 0.3) is 10.1 Å². The van der Waals surface area contributed by atoms with Crippen LogP contribution < -0.4 is 0 Å². The van der Waals surface area contributed by atoms with Gasteiger partial charge in [-0.05, 0) is 25.0 Å². The van der Waals surface area contributed by atoms with Crippen molar-refractivity contribution in [3.05, 3.63) is 34.5 Å². The molecule has 124 valence electrons. The topological polar surface area (TPSA) is 38.8 Å². The molecule has 1 aromatic heterocycles. The molecule has 0 saturated carbocycles. The van der Waals surface area contributed by atoms with Crippen LogP contribution in [0.3, 0.4) is 0 Å². The van der Waals surface area contributed by atoms with Gasteiger partial charge in [-0.3, -0.25) is 4.79 Å². The molecule has 1 aliphatic heterocycles. The van der Waals surface area contributed by atoms with E-state index < -0.39 is 0 Å². The Bertz CT molecular complexity index is 707. The fourth-order valence-electron chi connectivity index (χ4n) is 3.06. The highest BCUT2D eigenvalue weighted by atomic mass is 32.1. The minimum Gasteiger partial charge on any atom is -0.381 e. The number of nitrogens with zero attached hydrogens (tertiary/aromatic N) is 1. The molecular formula is C17H20FNO3S. The number of thiophene rings is 1. The van der Waals surface area contributed by atoms with Gasteiger partial charge in [-0.2, -0.15) is 0 Å². The van der Waals surface area contributed by atoms with E-state index >= 15 is 0 Å². The molecule has 1 amide bonds. The molecule has 1 aromatic carbocycles. The van der Waals surface area contributed by atoms with Crippen LogP contribution in [0.4, 0.5) is 4.39 Å². The summed E-state index contributed by atoms with van der Waals surface area (Å²) in [6.45, 7) is 1.57. The minimum absolute atomic E-state index is 0.0350. The molecule has 0 N–H and O–H groups in total. The molecule has 4 nitrogen and oxygen atoms in total. The maximum Gasteiger partial charge on any atom is 0.264 e. The number of ether oxygens (including phenoxy) is 2. The average molecular weight is 337 g/mol. The van der Waals surface area contributed by atoms with E-state index in [0.717, 1.165) is 17.5 Å². The number of likely N-dealkylation sites (tertiary alicyclic amines) is 1. The Labute approximate surface area is 138 Å². The molecule has 0 radical (unpaired) electrons. The highest BCUT2D eigenvalue weighted by molar-refractivity contribution is 7.21. The molecule has 0 unspecified atom stereocenters. The van der Waals surface area contributed by atoms with Crippen LogP contribution >= 0.6 is 11.3 Å². The third kappa shape index (κ3) is 3.11. The number of carbonyl (C=O) groups is 1. The van der Waals surface area contributed by atoms with Gasteiger partial charge in [0.15, 0.2) is 0 Å². The summed E-state index contributed by atoms with van der Waals surface area (Å²) >= 11 is 1.34. The number of methoxy groups -OCH3 is 2. The van der Waals surface area contributed by atoms with Crippen molar-refractivity contribution in [3.63, 3.8) is 0 Å². The molecule has 1 aliphatic rings. The van der Waals surface area contributed by atoms with E-state index in [1.54, 1.807) is 20.3 Å². The molecule has 3 rings (SSSR count). The second kappa shape index (κ2) is 6.95. The molecule has 6 heteroatoms. The van der Waals surface area contributed by atoms with Crippen molar-refractivity contribution in [2.45, 2.75) is 25.6 Å².